The van der Waals surface area contributed by atoms with Crippen molar-refractivity contribution in [1.82, 2.24) is 20.1 Å². The topological polar surface area (TPSA) is 76.9 Å². The lowest BCUT2D eigenvalue weighted by Crippen LogP contribution is -2.36. The Hall–Kier alpha value is -2.02. The van der Waals surface area contributed by atoms with Gasteiger partial charge in [-0.25, -0.2) is 9.67 Å². The standard InChI is InChI=1S/C18H24N4O2S/c1-10-11(2)21-22(4)18(24)14(10)17-19-12(3)15(25-17)16(23)20-13-8-6-5-7-9-13/h13H,5-9H2,1-4H3,(H,20,23). The molecule has 1 aliphatic carbocycles. The fourth-order valence-electron chi connectivity index (χ4n) is 3.31. The van der Waals surface area contributed by atoms with Crippen LogP contribution in [-0.2, 0) is 7.05 Å². The first-order valence-corrected chi connectivity index (χ1v) is 9.53. The molecule has 25 heavy (non-hydrogen) atoms. The number of carbonyl (C=O) groups excluding carboxylic acids is 1. The SMILES string of the molecule is Cc1nc(-c2c(C)c(C)nn(C)c2=O)sc1C(=O)NC1CCCCC1. The summed E-state index contributed by atoms with van der Waals surface area (Å²) in [5.41, 5.74) is 2.63. The lowest BCUT2D eigenvalue weighted by Gasteiger charge is -2.22. The second kappa shape index (κ2) is 7.07. The molecule has 2 aromatic heterocycles. The van der Waals surface area contributed by atoms with Gasteiger partial charge in [0.25, 0.3) is 11.5 Å². The molecule has 0 aliphatic heterocycles. The van der Waals surface area contributed by atoms with Gasteiger partial charge in [0.2, 0.25) is 0 Å². The molecule has 0 spiro atoms. The average molecular weight is 360 g/mol. The summed E-state index contributed by atoms with van der Waals surface area (Å²) in [7, 11) is 1.63. The zero-order chi connectivity index (χ0) is 18.1. The number of aryl methyl sites for hydroxylation is 3. The highest BCUT2D eigenvalue weighted by Gasteiger charge is 2.23. The summed E-state index contributed by atoms with van der Waals surface area (Å²) in [6.07, 6.45) is 5.67. The monoisotopic (exact) mass is 360 g/mol. The summed E-state index contributed by atoms with van der Waals surface area (Å²) < 4.78 is 1.33. The zero-order valence-corrected chi connectivity index (χ0v) is 16.0. The molecule has 0 aromatic carbocycles. The van der Waals surface area contributed by atoms with E-state index >= 15 is 0 Å². The van der Waals surface area contributed by atoms with Crippen LogP contribution >= 0.6 is 11.3 Å². The van der Waals surface area contributed by atoms with Crippen molar-refractivity contribution in [2.24, 2.45) is 7.05 Å². The maximum Gasteiger partial charge on any atom is 0.277 e. The van der Waals surface area contributed by atoms with E-state index in [0.717, 1.165) is 24.1 Å². The zero-order valence-electron chi connectivity index (χ0n) is 15.2. The van der Waals surface area contributed by atoms with E-state index in [4.69, 9.17) is 0 Å². The molecule has 1 amide bonds. The first kappa shape index (κ1) is 17.8. The Labute approximate surface area is 151 Å². The highest BCUT2D eigenvalue weighted by molar-refractivity contribution is 7.17. The van der Waals surface area contributed by atoms with Crippen LogP contribution in [0, 0.1) is 20.8 Å². The Bertz CT molecular complexity index is 863. The van der Waals surface area contributed by atoms with E-state index in [1.807, 2.05) is 20.8 Å². The molecular weight excluding hydrogens is 336 g/mol. The van der Waals surface area contributed by atoms with Crippen LogP contribution in [0.1, 0.15) is 58.7 Å². The van der Waals surface area contributed by atoms with Crippen LogP contribution in [0.2, 0.25) is 0 Å². The number of carbonyl (C=O) groups is 1. The number of nitrogens with one attached hydrogen (secondary N) is 1. The number of aromatic nitrogens is 3. The van der Waals surface area contributed by atoms with Gasteiger partial charge in [0, 0.05) is 13.1 Å². The van der Waals surface area contributed by atoms with Crippen molar-refractivity contribution in [1.29, 1.82) is 0 Å². The van der Waals surface area contributed by atoms with Gasteiger partial charge in [-0.2, -0.15) is 5.10 Å². The lowest BCUT2D eigenvalue weighted by molar-refractivity contribution is 0.0931. The molecule has 7 heteroatoms. The van der Waals surface area contributed by atoms with E-state index in [0.29, 0.717) is 21.1 Å². The molecule has 1 fully saturated rings. The molecule has 3 rings (SSSR count). The van der Waals surface area contributed by atoms with Crippen molar-refractivity contribution in [2.75, 3.05) is 0 Å². The molecular formula is C18H24N4O2S. The maximum absolute atomic E-state index is 12.6. The van der Waals surface area contributed by atoms with Crippen LogP contribution in [0.15, 0.2) is 4.79 Å². The van der Waals surface area contributed by atoms with Crippen LogP contribution < -0.4 is 10.9 Å². The molecule has 2 heterocycles. The lowest BCUT2D eigenvalue weighted by atomic mass is 9.95. The second-order valence-corrected chi connectivity index (χ2v) is 7.76. The Kier molecular flexibility index (Phi) is 5.03. The fraction of sp³-hybridized carbons (Fsp3) is 0.556. The third-order valence-corrected chi connectivity index (χ3v) is 6.06. The van der Waals surface area contributed by atoms with Gasteiger partial charge in [0.1, 0.15) is 9.88 Å². The average Bonchev–Trinajstić information content (AvgIpc) is 2.96. The van der Waals surface area contributed by atoms with Gasteiger partial charge in [-0.3, -0.25) is 9.59 Å². The number of hydrogen-bond donors (Lipinski definition) is 1. The van der Waals surface area contributed by atoms with E-state index in [-0.39, 0.29) is 17.5 Å². The van der Waals surface area contributed by atoms with Crippen molar-refractivity contribution >= 4 is 17.2 Å². The highest BCUT2D eigenvalue weighted by Crippen LogP contribution is 2.29. The molecule has 6 nitrogen and oxygen atoms in total. The Morgan fingerprint density at radius 2 is 1.84 bits per heavy atom. The van der Waals surface area contributed by atoms with E-state index < -0.39 is 0 Å². The largest absolute Gasteiger partial charge is 0.349 e. The molecule has 0 saturated heterocycles. The minimum Gasteiger partial charge on any atom is -0.349 e. The summed E-state index contributed by atoms with van der Waals surface area (Å²) in [4.78, 5) is 30.3. The Morgan fingerprint density at radius 3 is 2.52 bits per heavy atom. The second-order valence-electron chi connectivity index (χ2n) is 6.76. The number of rotatable bonds is 3. The van der Waals surface area contributed by atoms with Crippen molar-refractivity contribution in [3.63, 3.8) is 0 Å². The van der Waals surface area contributed by atoms with Crippen molar-refractivity contribution in [3.8, 4) is 10.6 Å². The maximum atomic E-state index is 12.6. The Balaban J connectivity index is 1.93. The molecule has 0 radical (unpaired) electrons. The predicted molar refractivity (Wildman–Crippen MR) is 99.1 cm³/mol. The van der Waals surface area contributed by atoms with Gasteiger partial charge in [-0.05, 0) is 39.2 Å². The molecule has 0 atom stereocenters. The summed E-state index contributed by atoms with van der Waals surface area (Å²) in [6.45, 7) is 5.57. The van der Waals surface area contributed by atoms with E-state index in [9.17, 15) is 9.59 Å². The van der Waals surface area contributed by atoms with Crippen LogP contribution in [0.5, 0.6) is 0 Å². The number of hydrogen-bond acceptors (Lipinski definition) is 5. The summed E-state index contributed by atoms with van der Waals surface area (Å²) >= 11 is 1.29. The molecule has 134 valence electrons. The van der Waals surface area contributed by atoms with Crippen LogP contribution in [0.3, 0.4) is 0 Å². The molecule has 0 bridgehead atoms. The van der Waals surface area contributed by atoms with Gasteiger partial charge in [0.15, 0.2) is 0 Å². The molecule has 1 aliphatic rings. The smallest absolute Gasteiger partial charge is 0.277 e. The summed E-state index contributed by atoms with van der Waals surface area (Å²) in [5.74, 6) is -0.0756. The van der Waals surface area contributed by atoms with Crippen LogP contribution in [0.4, 0.5) is 0 Å². The quantitative estimate of drug-likeness (QED) is 0.913. The van der Waals surface area contributed by atoms with E-state index in [2.05, 4.69) is 15.4 Å². The first-order valence-electron chi connectivity index (χ1n) is 8.71. The predicted octanol–water partition coefficient (Wildman–Crippen LogP) is 2.89. The third kappa shape index (κ3) is 3.51. The van der Waals surface area contributed by atoms with Gasteiger partial charge in [-0.1, -0.05) is 19.3 Å². The normalized spacial score (nSPS) is 15.4. The van der Waals surface area contributed by atoms with E-state index in [1.165, 1.54) is 35.3 Å². The number of thiazole rings is 1. The first-order chi connectivity index (χ1) is 11.9. The van der Waals surface area contributed by atoms with Gasteiger partial charge in [-0.15, -0.1) is 11.3 Å². The third-order valence-electron chi connectivity index (χ3n) is 4.88. The van der Waals surface area contributed by atoms with Crippen molar-refractivity contribution < 1.29 is 4.79 Å². The summed E-state index contributed by atoms with van der Waals surface area (Å²) in [5, 5.41) is 7.92. The van der Waals surface area contributed by atoms with Gasteiger partial charge < -0.3 is 5.32 Å². The molecule has 2 aromatic rings. The molecule has 1 N–H and O–H groups in total. The molecule has 1 saturated carbocycles. The Morgan fingerprint density at radius 1 is 1.16 bits per heavy atom. The highest BCUT2D eigenvalue weighted by atomic mass is 32.1. The number of nitrogens with zero attached hydrogens (tertiary/aromatic N) is 3. The van der Waals surface area contributed by atoms with Gasteiger partial charge in [0.05, 0.1) is 17.0 Å². The number of amides is 1. The van der Waals surface area contributed by atoms with E-state index in [1.54, 1.807) is 7.05 Å². The van der Waals surface area contributed by atoms with Crippen molar-refractivity contribution in [3.05, 3.63) is 32.2 Å². The van der Waals surface area contributed by atoms with Crippen LogP contribution in [-0.4, -0.2) is 26.7 Å². The minimum atomic E-state index is -0.184. The molecule has 0 unspecified atom stereocenters. The fourth-order valence-corrected chi connectivity index (χ4v) is 4.38. The summed E-state index contributed by atoms with van der Waals surface area (Å²) in [6, 6.07) is 0.254. The van der Waals surface area contributed by atoms with Crippen LogP contribution in [0.25, 0.3) is 10.6 Å². The van der Waals surface area contributed by atoms with Crippen molar-refractivity contribution in [2.45, 2.75) is 58.9 Å². The van der Waals surface area contributed by atoms with Gasteiger partial charge >= 0.3 is 0 Å². The minimum absolute atomic E-state index is 0.0756.